The second kappa shape index (κ2) is 15.5. The zero-order valence-corrected chi connectivity index (χ0v) is 27.5. The molecule has 15 nitrogen and oxygen atoms in total. The molecule has 5 rings (SSSR count). The first-order valence-electron chi connectivity index (χ1n) is 16.5. The fourth-order valence-corrected chi connectivity index (χ4v) is 5.96. The van der Waals surface area contributed by atoms with Crippen molar-refractivity contribution in [1.29, 1.82) is 0 Å². The van der Waals surface area contributed by atoms with Crippen LogP contribution in [0.4, 0.5) is 9.18 Å². The lowest BCUT2D eigenvalue weighted by Crippen LogP contribution is -2.55. The summed E-state index contributed by atoms with van der Waals surface area (Å²) in [6.07, 6.45) is 1.66. The van der Waals surface area contributed by atoms with E-state index in [0.29, 0.717) is 19.4 Å². The van der Waals surface area contributed by atoms with Gasteiger partial charge in [-0.05, 0) is 63.6 Å². The van der Waals surface area contributed by atoms with Crippen molar-refractivity contribution in [2.24, 2.45) is 0 Å². The summed E-state index contributed by atoms with van der Waals surface area (Å²) in [4.78, 5) is 85.1. The van der Waals surface area contributed by atoms with E-state index < -0.39 is 54.3 Å². The van der Waals surface area contributed by atoms with Gasteiger partial charge in [0.25, 0.3) is 11.8 Å². The van der Waals surface area contributed by atoms with Gasteiger partial charge in [0, 0.05) is 56.6 Å². The van der Waals surface area contributed by atoms with Gasteiger partial charge in [-0.15, -0.1) is 0 Å². The number of hydrogen-bond donors (Lipinski definition) is 3. The average Bonchev–Trinajstić information content (AvgIpc) is 3.75. The topological polar surface area (TPSA) is 188 Å². The van der Waals surface area contributed by atoms with E-state index in [0.717, 1.165) is 12.8 Å². The summed E-state index contributed by atoms with van der Waals surface area (Å²) >= 11 is 0. The third kappa shape index (κ3) is 8.72. The minimum Gasteiger partial charge on any atom is -0.483 e. The maximum absolute atomic E-state index is 14.7. The van der Waals surface area contributed by atoms with E-state index in [2.05, 4.69) is 15.6 Å². The first-order valence-corrected chi connectivity index (χ1v) is 16.5. The molecular formula is C33H41FN6O9. The number of carbonyl (C=O) groups excluding carboxylic acids is 5. The Morgan fingerprint density at radius 3 is 2.41 bits per heavy atom. The lowest BCUT2D eigenvalue weighted by molar-refractivity contribution is -0.143. The number of aryl methyl sites for hydroxylation is 1. The van der Waals surface area contributed by atoms with Gasteiger partial charge in [-0.1, -0.05) is 0 Å². The highest BCUT2D eigenvalue weighted by atomic mass is 19.1. The largest absolute Gasteiger partial charge is 0.483 e. The number of benzene rings is 1. The highest BCUT2D eigenvalue weighted by molar-refractivity contribution is 5.99. The van der Waals surface area contributed by atoms with E-state index >= 15 is 0 Å². The Morgan fingerprint density at radius 2 is 1.73 bits per heavy atom. The first kappa shape index (κ1) is 35.3. The Labute approximate surface area is 282 Å². The summed E-state index contributed by atoms with van der Waals surface area (Å²) < 4.78 is 25.6. The molecule has 3 fully saturated rings. The summed E-state index contributed by atoms with van der Waals surface area (Å²) in [5.74, 6) is -3.04. The van der Waals surface area contributed by atoms with Gasteiger partial charge in [-0.25, -0.2) is 14.2 Å². The molecular weight excluding hydrogens is 643 g/mol. The van der Waals surface area contributed by atoms with Crippen molar-refractivity contribution < 1.29 is 47.7 Å². The normalized spacial score (nSPS) is 18.2. The second-order valence-electron chi connectivity index (χ2n) is 12.4. The van der Waals surface area contributed by atoms with Gasteiger partial charge >= 0.3 is 12.1 Å². The van der Waals surface area contributed by atoms with Crippen LogP contribution in [-0.4, -0.2) is 125 Å². The van der Waals surface area contributed by atoms with Crippen molar-refractivity contribution in [2.45, 2.75) is 70.5 Å². The van der Waals surface area contributed by atoms with Gasteiger partial charge in [-0.2, -0.15) is 0 Å². The fraction of sp³-hybridized carbons (Fsp3) is 0.545. The number of piperazine rings is 1. The van der Waals surface area contributed by atoms with Crippen molar-refractivity contribution >= 4 is 46.6 Å². The number of ether oxygens (including phenoxy) is 2. The number of nitrogens with zero attached hydrogens (tertiary/aromatic N) is 4. The molecule has 3 N–H and O–H groups in total. The maximum atomic E-state index is 14.7. The van der Waals surface area contributed by atoms with E-state index in [1.165, 1.54) is 39.8 Å². The van der Waals surface area contributed by atoms with E-state index in [1.54, 1.807) is 6.92 Å². The average molecular weight is 685 g/mol. The Morgan fingerprint density at radius 1 is 1.02 bits per heavy atom. The van der Waals surface area contributed by atoms with Crippen LogP contribution in [0.5, 0.6) is 5.75 Å². The predicted octanol–water partition coefficient (Wildman–Crippen LogP) is 1.59. The number of halogens is 1. The number of hydrogen-bond acceptors (Lipinski definition) is 9. The SMILES string of the molecule is CCOC(=O)CC[C@H](NC(=O)c1cc(OCC(=O)N2CCC[C@H]2C(=O)NC2CC2)c2cc(F)c(C)cc2n1)C(=O)N1CCN(C(=O)O)CC1. The van der Waals surface area contributed by atoms with E-state index in [4.69, 9.17) is 9.47 Å². The van der Waals surface area contributed by atoms with Crippen LogP contribution in [0.3, 0.4) is 0 Å². The number of carboxylic acid groups (broad SMARTS) is 1. The third-order valence-corrected chi connectivity index (χ3v) is 8.84. The van der Waals surface area contributed by atoms with Crippen molar-refractivity contribution in [1.82, 2.24) is 30.3 Å². The number of pyridine rings is 1. The number of fused-ring (bicyclic) bond motifs is 1. The molecule has 3 aliphatic rings. The Hall–Kier alpha value is -5.02. The molecule has 264 valence electrons. The molecule has 1 aromatic carbocycles. The van der Waals surface area contributed by atoms with Crippen LogP contribution in [0.15, 0.2) is 18.2 Å². The lowest BCUT2D eigenvalue weighted by atomic mass is 10.1. The summed E-state index contributed by atoms with van der Waals surface area (Å²) in [5, 5.41) is 15.1. The van der Waals surface area contributed by atoms with Crippen LogP contribution in [0.2, 0.25) is 0 Å². The molecule has 1 aromatic heterocycles. The molecule has 2 aliphatic heterocycles. The third-order valence-electron chi connectivity index (χ3n) is 8.84. The smallest absolute Gasteiger partial charge is 0.407 e. The van der Waals surface area contributed by atoms with Gasteiger partial charge in [0.15, 0.2) is 6.61 Å². The molecule has 5 amide bonds. The summed E-state index contributed by atoms with van der Waals surface area (Å²) in [6, 6.07) is 2.24. The number of aromatic nitrogens is 1. The van der Waals surface area contributed by atoms with Crippen LogP contribution in [0, 0.1) is 12.7 Å². The zero-order valence-electron chi connectivity index (χ0n) is 27.5. The Balaban J connectivity index is 1.35. The van der Waals surface area contributed by atoms with Gasteiger partial charge < -0.3 is 39.9 Å². The van der Waals surface area contributed by atoms with Gasteiger partial charge in [0.05, 0.1) is 12.1 Å². The van der Waals surface area contributed by atoms with Crippen LogP contribution in [0.25, 0.3) is 10.9 Å². The van der Waals surface area contributed by atoms with Crippen molar-refractivity contribution in [3.63, 3.8) is 0 Å². The molecule has 3 heterocycles. The molecule has 1 aliphatic carbocycles. The molecule has 2 saturated heterocycles. The second-order valence-corrected chi connectivity index (χ2v) is 12.4. The van der Waals surface area contributed by atoms with E-state index in [1.807, 2.05) is 0 Å². The van der Waals surface area contributed by atoms with Gasteiger partial charge in [0.1, 0.15) is 29.3 Å². The highest BCUT2D eigenvalue weighted by Crippen LogP contribution is 2.29. The van der Waals surface area contributed by atoms with Crippen LogP contribution in [-0.2, 0) is 23.9 Å². The summed E-state index contributed by atoms with van der Waals surface area (Å²) in [7, 11) is 0. The monoisotopic (exact) mass is 684 g/mol. The minimum absolute atomic E-state index is 0.000212. The van der Waals surface area contributed by atoms with Crippen LogP contribution >= 0.6 is 0 Å². The molecule has 1 saturated carbocycles. The number of likely N-dealkylation sites (tertiary alicyclic amines) is 1. The molecule has 0 radical (unpaired) electrons. The molecule has 2 aromatic rings. The number of amides is 5. The van der Waals surface area contributed by atoms with Crippen molar-refractivity contribution in [2.75, 3.05) is 45.9 Å². The first-order chi connectivity index (χ1) is 23.4. The minimum atomic E-state index is -1.18. The highest BCUT2D eigenvalue weighted by Gasteiger charge is 2.37. The van der Waals surface area contributed by atoms with Crippen molar-refractivity contribution in [3.8, 4) is 5.75 Å². The summed E-state index contributed by atoms with van der Waals surface area (Å²) in [5.41, 5.74) is 0.272. The van der Waals surface area contributed by atoms with Crippen LogP contribution in [0.1, 0.15) is 61.5 Å². The maximum Gasteiger partial charge on any atom is 0.407 e. The van der Waals surface area contributed by atoms with Gasteiger partial charge in [-0.3, -0.25) is 24.0 Å². The van der Waals surface area contributed by atoms with Crippen LogP contribution < -0.4 is 15.4 Å². The van der Waals surface area contributed by atoms with Crippen molar-refractivity contribution in [3.05, 3.63) is 35.3 Å². The van der Waals surface area contributed by atoms with E-state index in [9.17, 15) is 38.3 Å². The predicted molar refractivity (Wildman–Crippen MR) is 171 cm³/mol. The quantitative estimate of drug-likeness (QED) is 0.277. The Bertz CT molecular complexity index is 1630. The zero-order chi connectivity index (χ0) is 35.2. The molecule has 2 atom stereocenters. The number of rotatable bonds is 12. The Kier molecular flexibility index (Phi) is 11.1. The molecule has 0 spiro atoms. The molecule has 0 bridgehead atoms. The number of nitrogens with one attached hydrogen (secondary N) is 2. The molecule has 49 heavy (non-hydrogen) atoms. The number of carbonyl (C=O) groups is 6. The number of esters is 1. The molecule has 0 unspecified atom stereocenters. The fourth-order valence-electron chi connectivity index (χ4n) is 5.96. The summed E-state index contributed by atoms with van der Waals surface area (Å²) in [6.45, 7) is 3.59. The van der Waals surface area contributed by atoms with Gasteiger partial charge in [0.2, 0.25) is 11.8 Å². The lowest BCUT2D eigenvalue weighted by Gasteiger charge is -2.35. The molecule has 16 heteroatoms. The standard InChI is InChI=1S/C33H41FN6O9/c1-3-48-29(42)9-8-23(32(45)38-11-13-39(14-12-38)33(46)47)37-30(43)25-17-27(21-16-22(34)19(2)15-24(21)36-25)49-18-28(41)40-10-4-5-26(40)31(44)35-20-6-7-20/h15-17,20,23,26H,3-14,18H2,1-2H3,(H,35,44)(H,37,43)(H,46,47)/t23-,26-/m0/s1. The van der Waals surface area contributed by atoms with E-state index in [-0.39, 0.29) is 85.5 Å².